The Hall–Kier alpha value is -3.94. The SMILES string of the molecule is C=C(OCC)c1ccc2c(C(=O)N[C@H]3CC[C@H](c4n[nH]c(=O)c5ccccc54)CC3)cnn2c1. The van der Waals surface area contributed by atoms with Crippen molar-refractivity contribution in [2.45, 2.75) is 44.6 Å². The predicted octanol–water partition coefficient (Wildman–Crippen LogP) is 4.03. The van der Waals surface area contributed by atoms with E-state index in [1.165, 1.54) is 0 Å². The molecule has 3 aromatic heterocycles. The van der Waals surface area contributed by atoms with Gasteiger partial charge < -0.3 is 10.1 Å². The summed E-state index contributed by atoms with van der Waals surface area (Å²) < 4.78 is 7.14. The summed E-state index contributed by atoms with van der Waals surface area (Å²) in [5.41, 5.74) is 2.88. The Balaban J connectivity index is 1.26. The molecule has 1 aliphatic rings. The fourth-order valence-corrected chi connectivity index (χ4v) is 4.80. The summed E-state index contributed by atoms with van der Waals surface area (Å²) in [5.74, 6) is 0.707. The quantitative estimate of drug-likeness (QED) is 0.426. The predicted molar refractivity (Wildman–Crippen MR) is 131 cm³/mol. The minimum atomic E-state index is -0.164. The van der Waals surface area contributed by atoms with Gasteiger partial charge >= 0.3 is 0 Å². The van der Waals surface area contributed by atoms with E-state index in [4.69, 9.17) is 4.74 Å². The highest BCUT2D eigenvalue weighted by atomic mass is 16.5. The van der Waals surface area contributed by atoms with Crippen molar-refractivity contribution < 1.29 is 9.53 Å². The van der Waals surface area contributed by atoms with Gasteiger partial charge in [0.2, 0.25) is 0 Å². The van der Waals surface area contributed by atoms with Gasteiger partial charge in [-0.15, -0.1) is 0 Å². The van der Waals surface area contributed by atoms with Crippen LogP contribution < -0.4 is 10.9 Å². The van der Waals surface area contributed by atoms with Crippen molar-refractivity contribution in [3.8, 4) is 0 Å². The lowest BCUT2D eigenvalue weighted by Crippen LogP contribution is -2.37. The first-order chi connectivity index (χ1) is 16.5. The molecule has 0 atom stereocenters. The number of amides is 1. The first-order valence-corrected chi connectivity index (χ1v) is 11.6. The molecule has 0 bridgehead atoms. The number of hydrogen-bond acceptors (Lipinski definition) is 5. The lowest BCUT2D eigenvalue weighted by atomic mass is 9.82. The Morgan fingerprint density at radius 1 is 1.18 bits per heavy atom. The molecule has 0 aliphatic heterocycles. The lowest BCUT2D eigenvalue weighted by molar-refractivity contribution is 0.0927. The maximum Gasteiger partial charge on any atom is 0.272 e. The molecule has 3 heterocycles. The summed E-state index contributed by atoms with van der Waals surface area (Å²) in [5, 5.41) is 16.1. The third-order valence-electron chi connectivity index (χ3n) is 6.58. The van der Waals surface area contributed by atoms with Crippen LogP contribution in [0, 0.1) is 0 Å². The first-order valence-electron chi connectivity index (χ1n) is 11.6. The maximum atomic E-state index is 13.0. The molecule has 4 aromatic rings. The van der Waals surface area contributed by atoms with Gasteiger partial charge in [-0.3, -0.25) is 9.59 Å². The number of hydrogen-bond donors (Lipinski definition) is 2. The lowest BCUT2D eigenvalue weighted by Gasteiger charge is -2.29. The van der Waals surface area contributed by atoms with E-state index in [-0.39, 0.29) is 23.4 Å². The van der Waals surface area contributed by atoms with E-state index >= 15 is 0 Å². The Labute approximate surface area is 196 Å². The molecule has 8 heteroatoms. The normalized spacial score (nSPS) is 18.1. The molecule has 1 aliphatic carbocycles. The standard InChI is InChI=1S/C26H27N5O3/c1-3-34-16(2)18-10-13-23-22(14-27-31(23)15-18)25(32)28-19-11-8-17(9-12-19)24-20-6-4-5-7-21(20)26(33)30-29-24/h4-7,10,13-15,17,19H,2-3,8-9,11-12H2,1H3,(H,28,32)(H,30,33)/t17-,19-. The smallest absolute Gasteiger partial charge is 0.272 e. The number of pyridine rings is 1. The second-order valence-electron chi connectivity index (χ2n) is 8.67. The van der Waals surface area contributed by atoms with E-state index < -0.39 is 0 Å². The Morgan fingerprint density at radius 2 is 1.94 bits per heavy atom. The molecule has 1 amide bonds. The van der Waals surface area contributed by atoms with E-state index in [1.807, 2.05) is 49.5 Å². The molecule has 1 aromatic carbocycles. The molecule has 0 saturated heterocycles. The number of benzene rings is 1. The molecule has 34 heavy (non-hydrogen) atoms. The highest BCUT2D eigenvalue weighted by molar-refractivity contribution is 6.00. The van der Waals surface area contributed by atoms with Gasteiger partial charge in [0, 0.05) is 29.1 Å². The summed E-state index contributed by atoms with van der Waals surface area (Å²) in [4.78, 5) is 25.1. The highest BCUT2D eigenvalue weighted by Gasteiger charge is 2.27. The minimum Gasteiger partial charge on any atom is -0.494 e. The van der Waals surface area contributed by atoms with Crippen LogP contribution in [0.2, 0.25) is 0 Å². The van der Waals surface area contributed by atoms with Crippen molar-refractivity contribution in [1.29, 1.82) is 0 Å². The molecule has 0 unspecified atom stereocenters. The van der Waals surface area contributed by atoms with E-state index in [1.54, 1.807) is 10.7 Å². The van der Waals surface area contributed by atoms with Crippen LogP contribution in [-0.2, 0) is 4.74 Å². The van der Waals surface area contributed by atoms with Gasteiger partial charge in [-0.1, -0.05) is 24.8 Å². The van der Waals surface area contributed by atoms with Crippen LogP contribution in [0.1, 0.15) is 60.1 Å². The summed E-state index contributed by atoms with van der Waals surface area (Å²) in [6.45, 7) is 6.38. The van der Waals surface area contributed by atoms with Crippen molar-refractivity contribution in [1.82, 2.24) is 25.1 Å². The molecule has 174 valence electrons. The third kappa shape index (κ3) is 4.07. The van der Waals surface area contributed by atoms with Crippen LogP contribution in [0.4, 0.5) is 0 Å². The highest BCUT2D eigenvalue weighted by Crippen LogP contribution is 2.34. The van der Waals surface area contributed by atoms with Crippen LogP contribution in [0.25, 0.3) is 22.0 Å². The van der Waals surface area contributed by atoms with Crippen LogP contribution in [-0.4, -0.2) is 38.4 Å². The Morgan fingerprint density at radius 3 is 2.71 bits per heavy atom. The molecule has 0 spiro atoms. The summed E-state index contributed by atoms with van der Waals surface area (Å²) in [6.07, 6.45) is 6.90. The number of aromatic amines is 1. The zero-order valence-corrected chi connectivity index (χ0v) is 19.1. The van der Waals surface area contributed by atoms with Crippen LogP contribution in [0.15, 0.2) is 60.2 Å². The van der Waals surface area contributed by atoms with E-state index in [2.05, 4.69) is 27.2 Å². The average Bonchev–Trinajstić information content (AvgIpc) is 3.29. The van der Waals surface area contributed by atoms with Gasteiger partial charge in [-0.2, -0.15) is 10.2 Å². The average molecular weight is 458 g/mol. The van der Waals surface area contributed by atoms with Crippen molar-refractivity contribution >= 4 is 28.0 Å². The largest absolute Gasteiger partial charge is 0.494 e. The number of carbonyl (C=O) groups excluding carboxylic acids is 1. The number of rotatable bonds is 6. The Kier molecular flexibility index (Phi) is 5.88. The molecular weight excluding hydrogens is 430 g/mol. The van der Waals surface area contributed by atoms with E-state index in [0.29, 0.717) is 23.3 Å². The summed E-state index contributed by atoms with van der Waals surface area (Å²) in [6, 6.07) is 11.4. The fraction of sp³-hybridized carbons (Fsp3) is 0.308. The Bertz CT molecular complexity index is 1430. The third-order valence-corrected chi connectivity index (χ3v) is 6.58. The topological polar surface area (TPSA) is 101 Å². The minimum absolute atomic E-state index is 0.0877. The van der Waals surface area contributed by atoms with Crippen LogP contribution in [0.3, 0.4) is 0 Å². The zero-order chi connectivity index (χ0) is 23.7. The number of ether oxygens (including phenoxy) is 1. The van der Waals surface area contributed by atoms with Gasteiger partial charge in [-0.25, -0.2) is 9.61 Å². The number of nitrogens with one attached hydrogen (secondary N) is 2. The van der Waals surface area contributed by atoms with Gasteiger partial charge in [-0.05, 0) is 50.8 Å². The molecule has 8 nitrogen and oxygen atoms in total. The number of H-pyrrole nitrogens is 1. The molecule has 5 rings (SSSR count). The van der Waals surface area contributed by atoms with Crippen LogP contribution >= 0.6 is 0 Å². The van der Waals surface area contributed by atoms with E-state index in [0.717, 1.165) is 47.8 Å². The second-order valence-corrected chi connectivity index (χ2v) is 8.67. The second kappa shape index (κ2) is 9.13. The van der Waals surface area contributed by atoms with Crippen LogP contribution in [0.5, 0.6) is 0 Å². The molecule has 1 saturated carbocycles. The number of aromatic nitrogens is 4. The van der Waals surface area contributed by atoms with Gasteiger partial charge in [0.15, 0.2) is 0 Å². The summed E-state index contributed by atoms with van der Waals surface area (Å²) in [7, 11) is 0. The molecule has 2 N–H and O–H groups in total. The molecular formula is C26H27N5O3. The zero-order valence-electron chi connectivity index (χ0n) is 19.1. The first kappa shape index (κ1) is 21.9. The monoisotopic (exact) mass is 457 g/mol. The molecule has 1 fully saturated rings. The number of nitrogens with zero attached hydrogens (tertiary/aromatic N) is 3. The fourth-order valence-electron chi connectivity index (χ4n) is 4.80. The van der Waals surface area contributed by atoms with E-state index in [9.17, 15) is 9.59 Å². The van der Waals surface area contributed by atoms with Crippen molar-refractivity contribution in [2.24, 2.45) is 0 Å². The number of fused-ring (bicyclic) bond motifs is 2. The maximum absolute atomic E-state index is 13.0. The van der Waals surface area contributed by atoms with Gasteiger partial charge in [0.05, 0.1) is 35.0 Å². The molecule has 0 radical (unpaired) electrons. The van der Waals surface area contributed by atoms with Crippen molar-refractivity contribution in [3.05, 3.63) is 82.5 Å². The van der Waals surface area contributed by atoms with Crippen molar-refractivity contribution in [3.63, 3.8) is 0 Å². The summed E-state index contributed by atoms with van der Waals surface area (Å²) >= 11 is 0. The van der Waals surface area contributed by atoms with Gasteiger partial charge in [0.1, 0.15) is 5.76 Å². The number of carbonyl (C=O) groups is 1. The van der Waals surface area contributed by atoms with Crippen molar-refractivity contribution in [2.75, 3.05) is 6.61 Å². The van der Waals surface area contributed by atoms with Gasteiger partial charge in [0.25, 0.3) is 11.5 Å².